The number of carbonyl (C=O) groups excluding carboxylic acids is 1. The maximum Gasteiger partial charge on any atom is 0.273 e. The molecule has 0 spiro atoms. The zero-order valence-corrected chi connectivity index (χ0v) is 17.9. The molecule has 0 unspecified atom stereocenters. The molecule has 1 amide bonds. The van der Waals surface area contributed by atoms with Crippen LogP contribution in [0.15, 0.2) is 80.8 Å². The van der Waals surface area contributed by atoms with Gasteiger partial charge in [0.1, 0.15) is 12.4 Å². The number of hydrazone groups is 1. The van der Waals surface area contributed by atoms with E-state index in [2.05, 4.69) is 42.4 Å². The fraction of sp³-hybridized carbons (Fsp3) is 0.0476. The number of ether oxygens (including phenoxy) is 1. The Kier molecular flexibility index (Phi) is 6.84. The van der Waals surface area contributed by atoms with Crippen molar-refractivity contribution in [2.24, 2.45) is 5.10 Å². The van der Waals surface area contributed by atoms with Crippen LogP contribution in [0.3, 0.4) is 0 Å². The average molecular weight is 503 g/mol. The fourth-order valence-corrected chi connectivity index (χ4v) is 3.61. The van der Waals surface area contributed by atoms with Crippen molar-refractivity contribution in [3.8, 4) is 5.75 Å². The Morgan fingerprint density at radius 2 is 1.79 bits per heavy atom. The lowest BCUT2D eigenvalue weighted by Crippen LogP contribution is -2.19. The molecule has 0 heterocycles. The third-order valence-corrected chi connectivity index (χ3v) is 4.96. The lowest BCUT2D eigenvalue weighted by atomic mass is 10.2. The molecule has 3 aromatic rings. The van der Waals surface area contributed by atoms with Crippen molar-refractivity contribution in [2.45, 2.75) is 6.61 Å². The van der Waals surface area contributed by atoms with E-state index in [9.17, 15) is 4.79 Å². The molecule has 0 saturated carbocycles. The van der Waals surface area contributed by atoms with Crippen molar-refractivity contribution in [3.05, 3.63) is 92.4 Å². The van der Waals surface area contributed by atoms with Crippen LogP contribution in [0.2, 0.25) is 0 Å². The Morgan fingerprint density at radius 1 is 1.07 bits per heavy atom. The van der Waals surface area contributed by atoms with Gasteiger partial charge in [0.25, 0.3) is 5.91 Å². The van der Waals surface area contributed by atoms with Crippen molar-refractivity contribution in [3.63, 3.8) is 0 Å². The number of nitrogens with zero attached hydrogens (tertiary/aromatic N) is 1. The van der Waals surface area contributed by atoms with Gasteiger partial charge < -0.3 is 10.5 Å². The maximum absolute atomic E-state index is 12.3. The quantitative estimate of drug-likeness (QED) is 0.278. The molecule has 0 fully saturated rings. The minimum atomic E-state index is -0.390. The highest BCUT2D eigenvalue weighted by Crippen LogP contribution is 2.28. The topological polar surface area (TPSA) is 76.7 Å². The molecule has 5 nitrogen and oxygen atoms in total. The Morgan fingerprint density at radius 3 is 2.50 bits per heavy atom. The maximum atomic E-state index is 12.3. The smallest absolute Gasteiger partial charge is 0.273 e. The van der Waals surface area contributed by atoms with Crippen LogP contribution in [0.1, 0.15) is 21.5 Å². The van der Waals surface area contributed by atoms with Gasteiger partial charge >= 0.3 is 0 Å². The third-order valence-electron chi connectivity index (χ3n) is 3.85. The monoisotopic (exact) mass is 501 g/mol. The van der Waals surface area contributed by atoms with Crippen LogP contribution >= 0.6 is 31.9 Å². The number of nitrogens with two attached hydrogens (primary N) is 1. The summed E-state index contributed by atoms with van der Waals surface area (Å²) in [6.45, 7) is 0.508. The summed E-state index contributed by atoms with van der Waals surface area (Å²) >= 11 is 6.66. The van der Waals surface area contributed by atoms with Crippen molar-refractivity contribution in [1.29, 1.82) is 0 Å². The summed E-state index contributed by atoms with van der Waals surface area (Å²) in [4.78, 5) is 12.3. The van der Waals surface area contributed by atoms with Gasteiger partial charge in [-0.15, -0.1) is 0 Å². The highest BCUT2D eigenvalue weighted by Gasteiger charge is 2.12. The van der Waals surface area contributed by atoms with Gasteiger partial charge in [0.05, 0.1) is 17.5 Å². The molecule has 3 aromatic carbocycles. The van der Waals surface area contributed by atoms with Crippen LogP contribution in [0.5, 0.6) is 5.75 Å². The number of nitrogen functional groups attached to an aromatic ring is 1. The Balaban J connectivity index is 1.57. The normalized spacial score (nSPS) is 10.8. The first-order valence-electron chi connectivity index (χ1n) is 8.37. The van der Waals surface area contributed by atoms with Gasteiger partial charge in [0, 0.05) is 8.95 Å². The molecule has 0 radical (unpaired) electrons. The van der Waals surface area contributed by atoms with Gasteiger partial charge in [-0.25, -0.2) is 5.43 Å². The first-order chi connectivity index (χ1) is 13.5. The molecule has 0 atom stereocenters. The number of halogens is 2. The van der Waals surface area contributed by atoms with E-state index in [0.29, 0.717) is 22.3 Å². The predicted octanol–water partition coefficient (Wildman–Crippen LogP) is 5.14. The molecule has 0 aromatic heterocycles. The summed E-state index contributed by atoms with van der Waals surface area (Å²) in [6.07, 6.45) is 1.56. The molecule has 7 heteroatoms. The van der Waals surface area contributed by atoms with Crippen LogP contribution < -0.4 is 15.9 Å². The second kappa shape index (κ2) is 9.52. The summed E-state index contributed by atoms with van der Waals surface area (Å²) in [5, 5.41) is 3.99. The van der Waals surface area contributed by atoms with Gasteiger partial charge in [-0.3, -0.25) is 4.79 Å². The van der Waals surface area contributed by atoms with Crippen LogP contribution in [-0.4, -0.2) is 12.1 Å². The van der Waals surface area contributed by atoms with E-state index in [0.717, 1.165) is 21.3 Å². The third kappa shape index (κ3) is 5.43. The molecule has 3 N–H and O–H groups in total. The van der Waals surface area contributed by atoms with Gasteiger partial charge in [-0.2, -0.15) is 5.10 Å². The summed E-state index contributed by atoms with van der Waals surface area (Å²) in [5.74, 6) is 0.371. The van der Waals surface area contributed by atoms with Gasteiger partial charge in [0.2, 0.25) is 0 Å². The molecule has 0 saturated heterocycles. The van der Waals surface area contributed by atoms with E-state index in [1.807, 2.05) is 54.6 Å². The summed E-state index contributed by atoms with van der Waals surface area (Å²) < 4.78 is 7.13. The van der Waals surface area contributed by atoms with E-state index in [1.165, 1.54) is 0 Å². The molecule has 28 heavy (non-hydrogen) atoms. The number of hydrogen-bond donors (Lipinski definition) is 2. The Bertz CT molecular complexity index is 991. The number of amides is 1. The molecule has 0 aliphatic rings. The molecule has 142 valence electrons. The van der Waals surface area contributed by atoms with E-state index < -0.39 is 5.91 Å². The van der Waals surface area contributed by atoms with Crippen molar-refractivity contribution in [1.82, 2.24) is 5.43 Å². The SMILES string of the molecule is Nc1c(Br)cc(Br)cc1C(=O)N/N=C/c1ccc(OCc2ccccc2)cc1. The summed E-state index contributed by atoms with van der Waals surface area (Å²) in [5.41, 5.74) is 11.0. The largest absolute Gasteiger partial charge is 0.489 e. The number of hydrogen-bond acceptors (Lipinski definition) is 4. The predicted molar refractivity (Wildman–Crippen MR) is 119 cm³/mol. The van der Waals surface area contributed by atoms with Crippen molar-refractivity contribution >= 4 is 49.7 Å². The molecule has 3 rings (SSSR count). The molecule has 0 bridgehead atoms. The van der Waals surface area contributed by atoms with E-state index in [-0.39, 0.29) is 0 Å². The number of benzene rings is 3. The lowest BCUT2D eigenvalue weighted by molar-refractivity contribution is 0.0956. The minimum Gasteiger partial charge on any atom is -0.489 e. The molecular formula is C21H17Br2N3O2. The lowest BCUT2D eigenvalue weighted by Gasteiger charge is -2.07. The highest BCUT2D eigenvalue weighted by atomic mass is 79.9. The molecule has 0 aliphatic carbocycles. The van der Waals surface area contributed by atoms with E-state index >= 15 is 0 Å². The number of rotatable bonds is 6. The minimum absolute atomic E-state index is 0.336. The van der Waals surface area contributed by atoms with Crippen LogP contribution in [-0.2, 0) is 6.61 Å². The molecular weight excluding hydrogens is 486 g/mol. The van der Waals surface area contributed by atoms with E-state index in [4.69, 9.17) is 10.5 Å². The van der Waals surface area contributed by atoms with Gasteiger partial charge in [-0.1, -0.05) is 46.3 Å². The standard InChI is InChI=1S/C21H17Br2N3O2/c22-16-10-18(20(24)19(23)11-16)21(27)26-25-12-14-6-8-17(9-7-14)28-13-15-4-2-1-3-5-15/h1-12H,13,24H2,(H,26,27)/b25-12+. The summed E-state index contributed by atoms with van der Waals surface area (Å²) in [7, 11) is 0. The zero-order chi connectivity index (χ0) is 19.9. The van der Waals surface area contributed by atoms with Gasteiger partial charge in [0.15, 0.2) is 0 Å². The zero-order valence-electron chi connectivity index (χ0n) is 14.7. The number of anilines is 1. The van der Waals surface area contributed by atoms with Crippen molar-refractivity contribution < 1.29 is 9.53 Å². The number of nitrogens with one attached hydrogen (secondary N) is 1. The average Bonchev–Trinajstić information content (AvgIpc) is 2.70. The second-order valence-corrected chi connectivity index (χ2v) is 7.66. The Labute approximate surface area is 179 Å². The highest BCUT2D eigenvalue weighted by molar-refractivity contribution is 9.11. The van der Waals surface area contributed by atoms with Gasteiger partial charge in [-0.05, 0) is 63.5 Å². The second-order valence-electron chi connectivity index (χ2n) is 5.89. The first kappa shape index (κ1) is 20.1. The fourth-order valence-electron chi connectivity index (χ4n) is 2.39. The van der Waals surface area contributed by atoms with Crippen LogP contribution in [0.4, 0.5) is 5.69 Å². The summed E-state index contributed by atoms with van der Waals surface area (Å²) in [6, 6.07) is 20.8. The number of carbonyl (C=O) groups is 1. The van der Waals surface area contributed by atoms with Crippen LogP contribution in [0, 0.1) is 0 Å². The van der Waals surface area contributed by atoms with E-state index in [1.54, 1.807) is 18.3 Å². The molecule has 0 aliphatic heterocycles. The van der Waals surface area contributed by atoms with Crippen LogP contribution in [0.25, 0.3) is 0 Å². The Hall–Kier alpha value is -2.64. The first-order valence-corrected chi connectivity index (χ1v) is 9.96. The van der Waals surface area contributed by atoms with Crippen molar-refractivity contribution in [2.75, 3.05) is 5.73 Å².